The second-order valence-corrected chi connectivity index (χ2v) is 33.6. The Morgan fingerprint density at radius 1 is 0.400 bits per heavy atom. The molecular weight excluding hydrogens is 1110 g/mol. The first-order valence-electron chi connectivity index (χ1n) is 42.3. The normalized spacial score (nSPS) is 23.0. The lowest BCUT2D eigenvalue weighted by atomic mass is 9.33. The van der Waals surface area contributed by atoms with Crippen LogP contribution in [-0.2, 0) is 77.0 Å². The summed E-state index contributed by atoms with van der Waals surface area (Å²) < 4.78 is 217. The number of hydrogen-bond donors (Lipinski definition) is 0. The molecule has 0 atom stereocenters. The van der Waals surface area contributed by atoms with Gasteiger partial charge in [0.25, 0.3) is 6.71 Å². The summed E-state index contributed by atoms with van der Waals surface area (Å²) in [5.41, 5.74) is 2.73. The molecule has 0 fully saturated rings. The fourth-order valence-corrected chi connectivity index (χ4v) is 18.6. The van der Waals surface area contributed by atoms with Gasteiger partial charge in [0.1, 0.15) is 5.58 Å². The number of hydrogen-bond acceptors (Lipinski definition) is 5. The number of rotatable bonds is 5. The second-order valence-electron chi connectivity index (χ2n) is 32.6. The van der Waals surface area contributed by atoms with Crippen molar-refractivity contribution in [3.63, 3.8) is 0 Å². The molecule has 19 rings (SSSR count). The molecule has 6 heteroatoms. The van der Waals surface area contributed by atoms with Gasteiger partial charge in [0.05, 0.1) is 38.8 Å². The Kier molecular flexibility index (Phi) is 7.43. The summed E-state index contributed by atoms with van der Waals surface area (Å²) in [5, 5.41) is 1.18. The van der Waals surface area contributed by atoms with Gasteiger partial charge in [-0.05, 0) is 277 Å². The molecule has 0 unspecified atom stereocenters. The summed E-state index contributed by atoms with van der Waals surface area (Å²) in [6.07, 6.45) is 4.33. The molecule has 90 heavy (non-hydrogen) atoms. The molecule has 0 N–H and O–H groups in total. The van der Waals surface area contributed by atoms with Crippen molar-refractivity contribution in [2.45, 2.75) is 160 Å². The Labute approximate surface area is 564 Å². The second kappa shape index (κ2) is 17.7. The van der Waals surface area contributed by atoms with E-state index in [0.717, 1.165) is 16.9 Å². The van der Waals surface area contributed by atoms with E-state index in [1.54, 1.807) is 21.9 Å². The van der Waals surface area contributed by atoms with Crippen molar-refractivity contribution in [2.24, 2.45) is 32.5 Å². The van der Waals surface area contributed by atoms with Crippen molar-refractivity contribution in [1.29, 1.82) is 0 Å². The molecule has 11 aromatic rings. The van der Waals surface area contributed by atoms with Gasteiger partial charge in [-0.1, -0.05) is 131 Å². The highest BCUT2D eigenvalue weighted by Gasteiger charge is 2.48. The van der Waals surface area contributed by atoms with Gasteiger partial charge in [-0.15, -0.1) is 11.3 Å². The van der Waals surface area contributed by atoms with Crippen LogP contribution in [0, 0.1) is 32.5 Å². The summed E-state index contributed by atoms with van der Waals surface area (Å²) >= 11 is 1.10. The van der Waals surface area contributed by atoms with E-state index in [2.05, 4.69) is 27.7 Å². The molecule has 8 aliphatic rings. The predicted octanol–water partition coefficient (Wildman–Crippen LogP) is 20.3. The van der Waals surface area contributed by atoms with Crippen LogP contribution in [-0.4, -0.2) is 6.71 Å². The minimum atomic E-state index is -1.51. The maximum atomic E-state index is 11.5. The maximum absolute atomic E-state index is 11.5. The van der Waals surface area contributed by atoms with Crippen LogP contribution < -0.4 is 31.1 Å². The van der Waals surface area contributed by atoms with Gasteiger partial charge in [-0.25, -0.2) is 0 Å². The van der Waals surface area contributed by atoms with Gasteiger partial charge < -0.3 is 19.1 Å². The summed E-state index contributed by atoms with van der Waals surface area (Å²) in [6.45, 7) is 23.0. The van der Waals surface area contributed by atoms with E-state index in [4.69, 9.17) is 4.42 Å². The highest BCUT2D eigenvalue weighted by Crippen LogP contribution is 2.56. The quantitative estimate of drug-likeness (QED) is 0.160. The molecule has 2 aliphatic heterocycles. The van der Waals surface area contributed by atoms with E-state index in [1.165, 1.54) is 4.90 Å². The molecule has 4 nitrogen and oxygen atoms in total. The van der Waals surface area contributed by atoms with Crippen molar-refractivity contribution in [3.8, 4) is 0 Å². The summed E-state index contributed by atoms with van der Waals surface area (Å²) in [6, 6.07) is -1.52. The predicted molar refractivity (Wildman–Crippen MR) is 382 cm³/mol. The van der Waals surface area contributed by atoms with E-state index >= 15 is 0 Å². The first-order chi connectivity index (χ1) is 51.3. The van der Waals surface area contributed by atoms with Gasteiger partial charge in [0.15, 0.2) is 5.58 Å². The zero-order valence-electron chi connectivity index (χ0n) is 73.4. The number of nitrogens with zero attached hydrogens (tertiary/aromatic N) is 3. The van der Waals surface area contributed by atoms with Gasteiger partial charge in [0.2, 0.25) is 0 Å². The van der Waals surface area contributed by atoms with Crippen LogP contribution in [0.25, 0.3) is 42.1 Å². The van der Waals surface area contributed by atoms with E-state index < -0.39 is 69.4 Å². The molecule has 0 bridgehead atoms. The van der Waals surface area contributed by atoms with Crippen molar-refractivity contribution >= 4 is 128 Å². The number of anilines is 9. The lowest BCUT2D eigenvalue weighted by molar-refractivity contribution is 0.392. The van der Waals surface area contributed by atoms with Crippen LogP contribution in [0.5, 0.6) is 0 Å². The number of benzene rings is 9. The Bertz CT molecular complexity index is 6180. The molecule has 4 heterocycles. The van der Waals surface area contributed by atoms with E-state index in [0.29, 0.717) is 154 Å². The summed E-state index contributed by atoms with van der Waals surface area (Å²) in [4.78, 5) is 4.58. The van der Waals surface area contributed by atoms with Crippen LogP contribution in [0.1, 0.15) is 177 Å². The minimum Gasteiger partial charge on any atom is -0.454 e. The molecule has 0 spiro atoms. The van der Waals surface area contributed by atoms with Gasteiger partial charge in [0, 0.05) is 70.8 Å². The van der Waals surface area contributed by atoms with Crippen molar-refractivity contribution in [3.05, 3.63) is 200 Å². The Balaban J connectivity index is 1.07. The smallest absolute Gasteiger partial charge is 0.252 e. The topological polar surface area (TPSA) is 22.9 Å². The van der Waals surface area contributed by atoms with Gasteiger partial charge in [-0.3, -0.25) is 0 Å². The van der Waals surface area contributed by atoms with Crippen LogP contribution >= 0.6 is 11.3 Å². The monoisotopic (exact) mass is 1210 g/mol. The zero-order valence-corrected chi connectivity index (χ0v) is 54.2. The van der Waals surface area contributed by atoms with E-state index in [-0.39, 0.29) is 185 Å². The van der Waals surface area contributed by atoms with E-state index in [1.807, 2.05) is 55.4 Å². The number of furan rings is 1. The van der Waals surface area contributed by atoms with Crippen LogP contribution in [0.2, 0.25) is 0 Å². The Hall–Kier alpha value is -7.54. The molecule has 0 saturated carbocycles. The molecule has 9 aromatic carbocycles. The first-order valence-corrected chi connectivity index (χ1v) is 33.2. The number of fused-ring (bicyclic) bond motifs is 19. The highest BCUT2D eigenvalue weighted by molar-refractivity contribution is 7.26. The SMILES string of the molecule is [2H]c1c([2H])c(N(c2cc3c4c(c2)N(c2c([2H])c([2H])c5c(c2[2H])CC(C)(C)C5)c2c(c([2H])c([2H])c5c2oc2c([2H])c([2H])c6c(c25)CC(C)(C)C6)B4c2c(c([2H])c4c(sc5c([2H])c([2H])c6c(c54)CC(C)(C)C6)c2[2H])N3c2c([2H])c([2H])c3c(c2[2H])CC(C)(C)C3)c2c([2H])c([2H])c3c(c2[2H])CC(C)(C)C3)c([2H])c2c1CC(C)(C)C2. The molecule has 6 aliphatic carbocycles. The lowest BCUT2D eigenvalue weighted by Crippen LogP contribution is -2.61. The third-order valence-corrected chi connectivity index (χ3v) is 22.2. The Morgan fingerprint density at radius 3 is 1.44 bits per heavy atom. The largest absolute Gasteiger partial charge is 0.454 e. The fraction of sp³-hybridized carbons (Fsp3) is 0.357. The molecule has 0 saturated heterocycles. The summed E-state index contributed by atoms with van der Waals surface area (Å²) in [7, 11) is 0. The minimum absolute atomic E-state index is 0.00867. The molecule has 0 amide bonds. The third kappa shape index (κ3) is 8.04. The lowest BCUT2D eigenvalue weighted by Gasteiger charge is -2.45. The summed E-state index contributed by atoms with van der Waals surface area (Å²) in [5.74, 6) is 0. The molecule has 448 valence electrons. The molecule has 0 radical (unpaired) electrons. The average Bonchev–Trinajstić information content (AvgIpc) is 1.25. The van der Waals surface area contributed by atoms with Crippen LogP contribution in [0.3, 0.4) is 0 Å². The zero-order chi connectivity index (χ0) is 78.6. The van der Waals surface area contributed by atoms with Crippen molar-refractivity contribution in [2.75, 3.05) is 14.7 Å². The van der Waals surface area contributed by atoms with Gasteiger partial charge >= 0.3 is 0 Å². The maximum Gasteiger partial charge on any atom is 0.252 e. The molecule has 2 aromatic heterocycles. The van der Waals surface area contributed by atoms with Crippen molar-refractivity contribution < 1.29 is 31.8 Å². The van der Waals surface area contributed by atoms with Crippen LogP contribution in [0.15, 0.2) is 137 Å². The average molecular weight is 1210 g/mol. The third-order valence-electron chi connectivity index (χ3n) is 21.1. The standard InChI is InChI=1S/C84H82BN3OS/c1-79(2)35-47-13-19-57(27-53(47)41-79)86(58-20-14-48-36-80(3,4)42-54(48)28-58)61-31-69-76-70(32-61)88(60-22-16-50-38-82(7,8)44-56(50)30-60)77-66(24-23-62-74-64-45-83(9,10)39-51(64)17-25-71(74)89-78(62)77)85(76)67-34-73-63(75-65-46-84(11,12)40-52(65)18-26-72(75)90-73)33-68(67)87(69)59-21-15-49-37-81(5,6)43-55(49)29-59/h13-34H,35-46H2,1-12H3/i13D,14D,15D,16D,17D,18D,19D,20D,21D,22D,23D,24D,25D,26D,27D,28D,29D,30D,33D,34D. The van der Waals surface area contributed by atoms with E-state index in [9.17, 15) is 27.4 Å². The molecular formula is C84H82BN3OS. The van der Waals surface area contributed by atoms with Crippen molar-refractivity contribution in [1.82, 2.24) is 0 Å². The first kappa shape index (κ1) is 37.7. The number of thiophene rings is 1. The fourth-order valence-electron chi connectivity index (χ4n) is 17.5. The van der Waals surface area contributed by atoms with Gasteiger partial charge in [-0.2, -0.15) is 0 Å². The van der Waals surface area contributed by atoms with Crippen LogP contribution in [0.4, 0.5) is 51.2 Å². The highest BCUT2D eigenvalue weighted by atomic mass is 32.1. The Morgan fingerprint density at radius 2 is 0.867 bits per heavy atom.